The lowest BCUT2D eigenvalue weighted by molar-refractivity contribution is 0.114. The summed E-state index contributed by atoms with van der Waals surface area (Å²) in [6.45, 7) is 5.76. The summed E-state index contributed by atoms with van der Waals surface area (Å²) in [5, 5.41) is 7.61. The number of nitrogens with zero attached hydrogens (tertiary/aromatic N) is 2. The second kappa shape index (κ2) is 5.32. The number of nitrogens with one attached hydrogen (secondary N) is 1. The molecule has 1 rings (SSSR count). The monoisotopic (exact) mass is 199 g/mol. The Labute approximate surface area is 86.3 Å². The minimum Gasteiger partial charge on any atom is -0.481 e. The van der Waals surface area contributed by atoms with Crippen LogP contribution in [0.25, 0.3) is 0 Å². The summed E-state index contributed by atoms with van der Waals surface area (Å²) in [5.41, 5.74) is 0. The van der Waals surface area contributed by atoms with Crippen LogP contribution >= 0.6 is 0 Å². The lowest BCUT2D eigenvalue weighted by Gasteiger charge is -2.37. The number of piperazine rings is 1. The molecule has 0 radical (unpaired) electrons. The Bertz CT molecular complexity index is 196. The molecule has 0 aromatic heterocycles. The smallest absolute Gasteiger partial charge is 0.181 e. The van der Waals surface area contributed by atoms with Crippen molar-refractivity contribution in [3.63, 3.8) is 0 Å². The molecule has 0 amide bonds. The molecule has 1 fully saturated rings. The number of hydrogen-bond donors (Lipinski definition) is 1. The zero-order valence-electron chi connectivity index (χ0n) is 9.42. The van der Waals surface area contributed by atoms with Gasteiger partial charge in [0.2, 0.25) is 0 Å². The Balaban J connectivity index is 2.37. The van der Waals surface area contributed by atoms with Crippen LogP contribution in [0.15, 0.2) is 0 Å². The van der Waals surface area contributed by atoms with Gasteiger partial charge in [-0.1, -0.05) is 0 Å². The quantitative estimate of drug-likeness (QED) is 0.535. The molecule has 1 saturated heterocycles. The SMILES string of the molecule is CCOC(=N)CC1CN(C)CCN1C. The second-order valence-corrected chi connectivity index (χ2v) is 3.96. The number of ether oxygens (including phenoxy) is 1. The van der Waals surface area contributed by atoms with Gasteiger partial charge in [-0.25, -0.2) is 0 Å². The standard InChI is InChI=1S/C10H21N3O/c1-4-14-10(11)7-9-8-12(2)5-6-13(9)3/h9,11H,4-8H2,1-3H3. The maximum atomic E-state index is 7.61. The van der Waals surface area contributed by atoms with Gasteiger partial charge in [0, 0.05) is 32.1 Å². The van der Waals surface area contributed by atoms with Crippen LogP contribution in [0.3, 0.4) is 0 Å². The van der Waals surface area contributed by atoms with Crippen molar-refractivity contribution in [1.82, 2.24) is 9.80 Å². The van der Waals surface area contributed by atoms with E-state index in [1.165, 1.54) is 0 Å². The molecule has 1 aliphatic rings. The first-order valence-electron chi connectivity index (χ1n) is 5.22. The van der Waals surface area contributed by atoms with Crippen molar-refractivity contribution in [2.45, 2.75) is 19.4 Å². The number of hydrogen-bond acceptors (Lipinski definition) is 4. The van der Waals surface area contributed by atoms with E-state index in [2.05, 4.69) is 23.9 Å². The second-order valence-electron chi connectivity index (χ2n) is 3.96. The minimum absolute atomic E-state index is 0.416. The third-order valence-corrected chi connectivity index (χ3v) is 2.72. The van der Waals surface area contributed by atoms with E-state index in [4.69, 9.17) is 10.1 Å². The van der Waals surface area contributed by atoms with Crippen LogP contribution in [0.5, 0.6) is 0 Å². The van der Waals surface area contributed by atoms with Crippen LogP contribution in [0, 0.1) is 5.41 Å². The molecule has 14 heavy (non-hydrogen) atoms. The zero-order chi connectivity index (χ0) is 10.6. The molecule has 0 bridgehead atoms. The Hall–Kier alpha value is -0.610. The van der Waals surface area contributed by atoms with Gasteiger partial charge in [0.15, 0.2) is 5.90 Å². The van der Waals surface area contributed by atoms with Gasteiger partial charge < -0.3 is 14.5 Å². The Morgan fingerprint density at radius 2 is 2.14 bits per heavy atom. The minimum atomic E-state index is 0.416. The summed E-state index contributed by atoms with van der Waals surface area (Å²) in [5.74, 6) is 0.416. The molecule has 4 heteroatoms. The number of likely N-dealkylation sites (N-methyl/N-ethyl adjacent to an activating group) is 2. The molecule has 1 N–H and O–H groups in total. The van der Waals surface area contributed by atoms with Crippen molar-refractivity contribution >= 4 is 5.90 Å². The highest BCUT2D eigenvalue weighted by Crippen LogP contribution is 2.10. The van der Waals surface area contributed by atoms with Crippen LogP contribution in [0.4, 0.5) is 0 Å². The molecule has 1 atom stereocenters. The fourth-order valence-electron chi connectivity index (χ4n) is 1.77. The van der Waals surface area contributed by atoms with Gasteiger partial charge in [0.1, 0.15) is 0 Å². The highest BCUT2D eigenvalue weighted by Gasteiger charge is 2.23. The molecule has 0 aliphatic carbocycles. The average molecular weight is 199 g/mol. The molecule has 1 heterocycles. The average Bonchev–Trinajstić information content (AvgIpc) is 2.12. The van der Waals surface area contributed by atoms with Crippen molar-refractivity contribution in [2.24, 2.45) is 0 Å². The van der Waals surface area contributed by atoms with E-state index >= 15 is 0 Å². The molecule has 0 aromatic carbocycles. The van der Waals surface area contributed by atoms with Crippen molar-refractivity contribution in [1.29, 1.82) is 5.41 Å². The van der Waals surface area contributed by atoms with Gasteiger partial charge in [-0.15, -0.1) is 0 Å². The van der Waals surface area contributed by atoms with Gasteiger partial charge in [0.25, 0.3) is 0 Å². The summed E-state index contributed by atoms with van der Waals surface area (Å²) in [6, 6.07) is 0.438. The first-order valence-corrected chi connectivity index (χ1v) is 5.22. The Morgan fingerprint density at radius 3 is 2.79 bits per heavy atom. The van der Waals surface area contributed by atoms with E-state index in [0.717, 1.165) is 26.1 Å². The summed E-state index contributed by atoms with van der Waals surface area (Å²) in [7, 11) is 4.25. The highest BCUT2D eigenvalue weighted by molar-refractivity contribution is 5.73. The topological polar surface area (TPSA) is 39.6 Å². The lowest BCUT2D eigenvalue weighted by Crippen LogP contribution is -2.50. The molecule has 4 nitrogen and oxygen atoms in total. The van der Waals surface area contributed by atoms with Gasteiger partial charge in [-0.05, 0) is 21.0 Å². The van der Waals surface area contributed by atoms with Gasteiger partial charge in [-0.3, -0.25) is 5.41 Å². The van der Waals surface area contributed by atoms with Crippen molar-refractivity contribution in [3.8, 4) is 0 Å². The summed E-state index contributed by atoms with van der Waals surface area (Å²) < 4.78 is 5.17. The first-order chi connectivity index (χ1) is 6.63. The molecule has 1 aliphatic heterocycles. The molecule has 1 unspecified atom stereocenters. The molecule has 0 aromatic rings. The molecule has 82 valence electrons. The van der Waals surface area contributed by atoms with E-state index in [9.17, 15) is 0 Å². The summed E-state index contributed by atoms with van der Waals surface area (Å²) in [6.07, 6.45) is 0.731. The normalized spacial score (nSPS) is 24.9. The summed E-state index contributed by atoms with van der Waals surface area (Å²) >= 11 is 0. The molecule has 0 spiro atoms. The predicted molar refractivity (Wildman–Crippen MR) is 57.9 cm³/mol. The van der Waals surface area contributed by atoms with Gasteiger partial charge in [0.05, 0.1) is 6.61 Å². The van der Waals surface area contributed by atoms with E-state index < -0.39 is 0 Å². The van der Waals surface area contributed by atoms with Crippen LogP contribution in [0.2, 0.25) is 0 Å². The van der Waals surface area contributed by atoms with Crippen LogP contribution in [0.1, 0.15) is 13.3 Å². The first kappa shape index (κ1) is 11.5. The van der Waals surface area contributed by atoms with Crippen molar-refractivity contribution in [3.05, 3.63) is 0 Å². The third kappa shape index (κ3) is 3.27. The maximum absolute atomic E-state index is 7.61. The molecule has 0 saturated carbocycles. The van der Waals surface area contributed by atoms with Crippen molar-refractivity contribution < 1.29 is 4.74 Å². The predicted octanol–water partition coefficient (Wildman–Crippen LogP) is 0.636. The number of rotatable bonds is 3. The Morgan fingerprint density at radius 1 is 1.43 bits per heavy atom. The lowest BCUT2D eigenvalue weighted by atomic mass is 10.1. The summed E-state index contributed by atoms with van der Waals surface area (Å²) in [4.78, 5) is 4.62. The van der Waals surface area contributed by atoms with Crippen LogP contribution in [-0.2, 0) is 4.74 Å². The van der Waals surface area contributed by atoms with Crippen LogP contribution in [-0.4, -0.2) is 62.1 Å². The van der Waals surface area contributed by atoms with Gasteiger partial charge in [-0.2, -0.15) is 0 Å². The molecular weight excluding hydrogens is 178 g/mol. The van der Waals surface area contributed by atoms with E-state index in [0.29, 0.717) is 18.5 Å². The largest absolute Gasteiger partial charge is 0.481 e. The van der Waals surface area contributed by atoms with E-state index in [-0.39, 0.29) is 0 Å². The van der Waals surface area contributed by atoms with E-state index in [1.807, 2.05) is 6.92 Å². The third-order valence-electron chi connectivity index (χ3n) is 2.72. The van der Waals surface area contributed by atoms with E-state index in [1.54, 1.807) is 0 Å². The van der Waals surface area contributed by atoms with Crippen LogP contribution < -0.4 is 0 Å². The highest BCUT2D eigenvalue weighted by atomic mass is 16.5. The molecular formula is C10H21N3O. The zero-order valence-corrected chi connectivity index (χ0v) is 9.42. The Kier molecular flexibility index (Phi) is 4.35. The van der Waals surface area contributed by atoms with Gasteiger partial charge >= 0.3 is 0 Å². The fourth-order valence-corrected chi connectivity index (χ4v) is 1.77. The fraction of sp³-hybridized carbons (Fsp3) is 0.900. The maximum Gasteiger partial charge on any atom is 0.181 e. The van der Waals surface area contributed by atoms with Crippen molar-refractivity contribution in [2.75, 3.05) is 40.3 Å².